The van der Waals surface area contributed by atoms with E-state index < -0.39 is 0 Å². The fourth-order valence-electron chi connectivity index (χ4n) is 1.68. The number of rotatable bonds is 5. The molecule has 2 rings (SSSR count). The fourth-order valence-corrected chi connectivity index (χ4v) is 2.67. The summed E-state index contributed by atoms with van der Waals surface area (Å²) < 4.78 is 12.3. The van der Waals surface area contributed by atoms with Crippen LogP contribution in [0.2, 0.25) is 0 Å². The number of hydrogen-bond acceptors (Lipinski definition) is 4. The topological polar surface area (TPSA) is 31.4 Å². The molecule has 0 N–H and O–H groups in total. The Hall–Kier alpha value is -1.07. The first-order valence-corrected chi connectivity index (χ1v) is 7.48. The van der Waals surface area contributed by atoms with Crippen molar-refractivity contribution in [3.8, 4) is 22.8 Å². The Labute approximate surface area is 119 Å². The second kappa shape index (κ2) is 6.20. The predicted octanol–water partition coefficient (Wildman–Crippen LogP) is 4.37. The van der Waals surface area contributed by atoms with Crippen molar-refractivity contribution in [2.75, 3.05) is 13.2 Å². The van der Waals surface area contributed by atoms with Gasteiger partial charge in [-0.3, -0.25) is 0 Å². The molecule has 3 nitrogen and oxygen atoms in total. The molecule has 0 saturated carbocycles. The number of aromatic nitrogens is 1. The fraction of sp³-hybridized carbons (Fsp3) is 0.308. The molecule has 1 aromatic carbocycles. The SMILES string of the molecule is CCOc1ccc(Br)c(OCC)c1-c1cscn1. The molecule has 0 spiro atoms. The Morgan fingerprint density at radius 3 is 2.61 bits per heavy atom. The molecule has 0 aliphatic carbocycles. The highest BCUT2D eigenvalue weighted by atomic mass is 79.9. The van der Waals surface area contributed by atoms with Crippen LogP contribution in [0.5, 0.6) is 11.5 Å². The summed E-state index contributed by atoms with van der Waals surface area (Å²) in [4.78, 5) is 4.35. The summed E-state index contributed by atoms with van der Waals surface area (Å²) in [6.07, 6.45) is 0. The zero-order valence-corrected chi connectivity index (χ0v) is 12.7. The highest BCUT2D eigenvalue weighted by molar-refractivity contribution is 9.10. The smallest absolute Gasteiger partial charge is 0.146 e. The second-order valence-electron chi connectivity index (χ2n) is 3.49. The number of nitrogens with zero attached hydrogens (tertiary/aromatic N) is 1. The molecule has 1 heterocycles. The number of benzene rings is 1. The second-order valence-corrected chi connectivity index (χ2v) is 5.06. The van der Waals surface area contributed by atoms with Crippen LogP contribution in [0.15, 0.2) is 27.5 Å². The van der Waals surface area contributed by atoms with Gasteiger partial charge in [-0.05, 0) is 41.9 Å². The van der Waals surface area contributed by atoms with Crippen LogP contribution >= 0.6 is 27.3 Å². The van der Waals surface area contributed by atoms with Crippen molar-refractivity contribution in [3.63, 3.8) is 0 Å². The Kier molecular flexibility index (Phi) is 4.60. The summed E-state index contributed by atoms with van der Waals surface area (Å²) in [5.41, 5.74) is 3.60. The number of hydrogen-bond donors (Lipinski definition) is 0. The highest BCUT2D eigenvalue weighted by Crippen LogP contribution is 2.43. The molecule has 2 aromatic rings. The van der Waals surface area contributed by atoms with Gasteiger partial charge in [0.25, 0.3) is 0 Å². The Morgan fingerprint density at radius 2 is 2.00 bits per heavy atom. The Balaban J connectivity index is 2.59. The van der Waals surface area contributed by atoms with Crippen LogP contribution in [-0.4, -0.2) is 18.2 Å². The molecule has 0 bridgehead atoms. The predicted molar refractivity (Wildman–Crippen MR) is 77.6 cm³/mol. The largest absolute Gasteiger partial charge is 0.493 e. The summed E-state index contributed by atoms with van der Waals surface area (Å²) >= 11 is 5.07. The first-order valence-electron chi connectivity index (χ1n) is 5.74. The molecule has 0 fully saturated rings. The Bertz CT molecular complexity index is 514. The molecule has 0 amide bonds. The van der Waals surface area contributed by atoms with Crippen molar-refractivity contribution >= 4 is 27.3 Å². The average molecular weight is 328 g/mol. The van der Waals surface area contributed by atoms with E-state index >= 15 is 0 Å². The lowest BCUT2D eigenvalue weighted by atomic mass is 10.1. The van der Waals surface area contributed by atoms with Gasteiger partial charge in [0.15, 0.2) is 0 Å². The van der Waals surface area contributed by atoms with Crippen LogP contribution < -0.4 is 9.47 Å². The van der Waals surface area contributed by atoms with E-state index in [1.54, 1.807) is 11.3 Å². The summed E-state index contributed by atoms with van der Waals surface area (Å²) in [7, 11) is 0. The lowest BCUT2D eigenvalue weighted by Gasteiger charge is -2.15. The van der Waals surface area contributed by atoms with Gasteiger partial charge in [0.05, 0.1) is 34.5 Å². The molecule has 1 aromatic heterocycles. The number of ether oxygens (including phenoxy) is 2. The zero-order valence-electron chi connectivity index (χ0n) is 10.3. The van der Waals surface area contributed by atoms with Gasteiger partial charge >= 0.3 is 0 Å². The monoisotopic (exact) mass is 327 g/mol. The van der Waals surface area contributed by atoms with Crippen LogP contribution in [0, 0.1) is 0 Å². The van der Waals surface area contributed by atoms with E-state index in [4.69, 9.17) is 9.47 Å². The van der Waals surface area contributed by atoms with Gasteiger partial charge in [-0.2, -0.15) is 0 Å². The van der Waals surface area contributed by atoms with Crippen LogP contribution in [0.3, 0.4) is 0 Å². The molecule has 0 unspecified atom stereocenters. The maximum Gasteiger partial charge on any atom is 0.146 e. The number of thiazole rings is 1. The maximum atomic E-state index is 5.72. The molecule has 0 atom stereocenters. The minimum Gasteiger partial charge on any atom is -0.493 e. The summed E-state index contributed by atoms with van der Waals surface area (Å²) in [6.45, 7) is 5.15. The molecule has 96 valence electrons. The van der Waals surface area contributed by atoms with Gasteiger partial charge in [0.2, 0.25) is 0 Å². The molecular weight excluding hydrogens is 314 g/mol. The van der Waals surface area contributed by atoms with Crippen LogP contribution in [0.4, 0.5) is 0 Å². The molecular formula is C13H14BrNO2S. The van der Waals surface area contributed by atoms with Crippen molar-refractivity contribution in [3.05, 3.63) is 27.5 Å². The lowest BCUT2D eigenvalue weighted by Crippen LogP contribution is -2.00. The molecule has 0 radical (unpaired) electrons. The Morgan fingerprint density at radius 1 is 1.22 bits per heavy atom. The third-order valence-corrected chi connectivity index (χ3v) is 3.56. The first-order chi connectivity index (χ1) is 8.77. The van der Waals surface area contributed by atoms with Gasteiger partial charge in [0.1, 0.15) is 11.5 Å². The summed E-state index contributed by atoms with van der Waals surface area (Å²) in [5.74, 6) is 1.59. The van der Waals surface area contributed by atoms with E-state index in [0.717, 1.165) is 27.2 Å². The van der Waals surface area contributed by atoms with Gasteiger partial charge in [0, 0.05) is 5.38 Å². The van der Waals surface area contributed by atoms with Gasteiger partial charge in [-0.1, -0.05) is 0 Å². The van der Waals surface area contributed by atoms with Gasteiger partial charge in [-0.15, -0.1) is 11.3 Å². The highest BCUT2D eigenvalue weighted by Gasteiger charge is 2.17. The average Bonchev–Trinajstić information content (AvgIpc) is 2.87. The van der Waals surface area contributed by atoms with E-state index in [1.165, 1.54) is 0 Å². The minimum atomic E-state index is 0.602. The van der Waals surface area contributed by atoms with Crippen LogP contribution in [-0.2, 0) is 0 Å². The summed E-state index contributed by atoms with van der Waals surface area (Å²) in [5, 5.41) is 1.99. The third kappa shape index (κ3) is 2.67. The molecule has 18 heavy (non-hydrogen) atoms. The minimum absolute atomic E-state index is 0.602. The third-order valence-electron chi connectivity index (χ3n) is 2.35. The lowest BCUT2D eigenvalue weighted by molar-refractivity contribution is 0.324. The van der Waals surface area contributed by atoms with Gasteiger partial charge < -0.3 is 9.47 Å². The van der Waals surface area contributed by atoms with Crippen molar-refractivity contribution in [2.24, 2.45) is 0 Å². The van der Waals surface area contributed by atoms with Crippen molar-refractivity contribution in [1.29, 1.82) is 0 Å². The number of halogens is 1. The molecule has 0 aliphatic heterocycles. The standard InChI is InChI=1S/C13H14BrNO2S/c1-3-16-11-6-5-9(14)13(17-4-2)12(11)10-7-18-8-15-10/h5-8H,3-4H2,1-2H3. The molecule has 5 heteroatoms. The normalized spacial score (nSPS) is 10.4. The molecule has 0 saturated heterocycles. The van der Waals surface area contributed by atoms with Crippen molar-refractivity contribution in [1.82, 2.24) is 4.98 Å². The summed E-state index contributed by atoms with van der Waals surface area (Å²) in [6, 6.07) is 3.87. The quantitative estimate of drug-likeness (QED) is 0.817. The van der Waals surface area contributed by atoms with E-state index in [2.05, 4.69) is 20.9 Å². The van der Waals surface area contributed by atoms with Crippen molar-refractivity contribution in [2.45, 2.75) is 13.8 Å². The first kappa shape index (κ1) is 13.4. The van der Waals surface area contributed by atoms with E-state index in [-0.39, 0.29) is 0 Å². The molecule has 0 aliphatic rings. The van der Waals surface area contributed by atoms with Gasteiger partial charge in [-0.25, -0.2) is 4.98 Å². The van der Waals surface area contributed by atoms with Crippen LogP contribution in [0.25, 0.3) is 11.3 Å². The van der Waals surface area contributed by atoms with E-state index in [0.29, 0.717) is 13.2 Å². The zero-order chi connectivity index (χ0) is 13.0. The van der Waals surface area contributed by atoms with E-state index in [9.17, 15) is 0 Å². The van der Waals surface area contributed by atoms with Crippen LogP contribution in [0.1, 0.15) is 13.8 Å². The van der Waals surface area contributed by atoms with E-state index in [1.807, 2.05) is 36.9 Å². The maximum absolute atomic E-state index is 5.72. The van der Waals surface area contributed by atoms with Crippen molar-refractivity contribution < 1.29 is 9.47 Å².